The zero-order chi connectivity index (χ0) is 16.8. The summed E-state index contributed by atoms with van der Waals surface area (Å²) >= 11 is 2.50. The van der Waals surface area contributed by atoms with Crippen molar-refractivity contribution < 1.29 is 14.3 Å². The van der Waals surface area contributed by atoms with E-state index in [0.29, 0.717) is 9.47 Å². The summed E-state index contributed by atoms with van der Waals surface area (Å²) in [5, 5.41) is 13.2. The third-order valence-electron chi connectivity index (χ3n) is 2.64. The van der Waals surface area contributed by atoms with E-state index < -0.39 is 17.2 Å². The molecule has 23 heavy (non-hydrogen) atoms. The lowest BCUT2D eigenvalue weighted by atomic mass is 10.3. The van der Waals surface area contributed by atoms with Crippen LogP contribution < -0.4 is 21.1 Å². The second kappa shape index (κ2) is 7.79. The van der Waals surface area contributed by atoms with Gasteiger partial charge in [0.1, 0.15) is 5.75 Å². The first-order valence-electron chi connectivity index (χ1n) is 6.49. The highest BCUT2D eigenvalue weighted by Gasteiger charge is 2.18. The van der Waals surface area contributed by atoms with Crippen molar-refractivity contribution in [3.05, 3.63) is 24.3 Å². The number of rotatable bonds is 6. The van der Waals surface area contributed by atoms with Gasteiger partial charge < -0.3 is 15.8 Å². The molecule has 0 aliphatic carbocycles. The molecule has 2 aromatic rings. The molecule has 1 aromatic heterocycles. The Labute approximate surface area is 140 Å². The van der Waals surface area contributed by atoms with E-state index in [1.807, 2.05) is 29.6 Å². The molecule has 0 saturated heterocycles. The molecule has 0 spiro atoms. The highest BCUT2D eigenvalue weighted by molar-refractivity contribution is 8.02. The Bertz CT molecular complexity index is 689. The molecule has 0 radical (unpaired) electrons. The van der Waals surface area contributed by atoms with Crippen LogP contribution in [0, 0.1) is 0 Å². The predicted octanol–water partition coefficient (Wildman–Crippen LogP) is 1.97. The zero-order valence-electron chi connectivity index (χ0n) is 12.4. The molecule has 0 aliphatic heterocycles. The molecule has 0 bridgehead atoms. The lowest BCUT2D eigenvalue weighted by molar-refractivity contribution is -0.119. The second-order valence-electron chi connectivity index (χ2n) is 4.34. The Hall–Kier alpha value is -2.33. The van der Waals surface area contributed by atoms with E-state index in [2.05, 4.69) is 15.5 Å². The average Bonchev–Trinajstić information content (AvgIpc) is 2.94. The van der Waals surface area contributed by atoms with Gasteiger partial charge in [0.2, 0.25) is 11.0 Å². The van der Waals surface area contributed by atoms with E-state index in [1.54, 1.807) is 14.0 Å². The van der Waals surface area contributed by atoms with Crippen LogP contribution in [0.5, 0.6) is 5.75 Å². The molecule has 1 unspecified atom stereocenters. The quantitative estimate of drug-likeness (QED) is 0.679. The molecule has 4 N–H and O–H groups in total. The van der Waals surface area contributed by atoms with Gasteiger partial charge in [0, 0.05) is 5.69 Å². The minimum absolute atomic E-state index is 0.470. The lowest BCUT2D eigenvalue weighted by Crippen LogP contribution is -2.39. The van der Waals surface area contributed by atoms with Gasteiger partial charge in [-0.3, -0.25) is 10.1 Å². The van der Waals surface area contributed by atoms with Gasteiger partial charge in [-0.1, -0.05) is 23.1 Å². The number of primary amides is 1. The maximum Gasteiger partial charge on any atom is 0.318 e. The average molecular weight is 353 g/mol. The minimum Gasteiger partial charge on any atom is -0.497 e. The fourth-order valence-corrected chi connectivity index (χ4v) is 3.45. The van der Waals surface area contributed by atoms with Crippen molar-refractivity contribution >= 4 is 45.9 Å². The number of carbonyl (C=O) groups excluding carboxylic acids is 2. The number of hydrogen-bond acceptors (Lipinski definition) is 8. The summed E-state index contributed by atoms with van der Waals surface area (Å²) in [6, 6.07) is 6.50. The van der Waals surface area contributed by atoms with Crippen LogP contribution in [0.4, 0.5) is 15.6 Å². The molecule has 122 valence electrons. The highest BCUT2D eigenvalue weighted by Crippen LogP contribution is 2.30. The van der Waals surface area contributed by atoms with Crippen LogP contribution >= 0.6 is 23.1 Å². The largest absolute Gasteiger partial charge is 0.497 e. The summed E-state index contributed by atoms with van der Waals surface area (Å²) in [6.45, 7) is 1.65. The van der Waals surface area contributed by atoms with Gasteiger partial charge in [0.05, 0.1) is 12.4 Å². The summed E-state index contributed by atoms with van der Waals surface area (Å²) in [5.41, 5.74) is 5.76. The normalized spacial score (nSPS) is 11.6. The summed E-state index contributed by atoms with van der Waals surface area (Å²) in [5.74, 6) is 0.292. The third-order valence-corrected chi connectivity index (χ3v) is 4.66. The monoisotopic (exact) mass is 353 g/mol. The fraction of sp³-hybridized carbons (Fsp3) is 0.231. The number of nitrogens with two attached hydrogens (primary N) is 1. The van der Waals surface area contributed by atoms with Crippen LogP contribution in [-0.4, -0.2) is 34.5 Å². The molecule has 0 aliphatic rings. The fourth-order valence-electron chi connectivity index (χ4n) is 1.53. The molecule has 8 nitrogen and oxygen atoms in total. The summed E-state index contributed by atoms with van der Waals surface area (Å²) in [7, 11) is 1.60. The van der Waals surface area contributed by atoms with E-state index in [-0.39, 0.29) is 0 Å². The Balaban J connectivity index is 1.94. The van der Waals surface area contributed by atoms with E-state index in [0.717, 1.165) is 11.4 Å². The zero-order valence-corrected chi connectivity index (χ0v) is 14.0. The van der Waals surface area contributed by atoms with Crippen molar-refractivity contribution in [2.24, 2.45) is 5.73 Å². The molecule has 0 fully saturated rings. The van der Waals surface area contributed by atoms with Gasteiger partial charge in [0.15, 0.2) is 4.34 Å². The van der Waals surface area contributed by atoms with Crippen LogP contribution in [-0.2, 0) is 4.79 Å². The molecular weight excluding hydrogens is 338 g/mol. The van der Waals surface area contributed by atoms with Gasteiger partial charge in [-0.25, -0.2) is 4.79 Å². The number of carbonyl (C=O) groups is 2. The van der Waals surface area contributed by atoms with Gasteiger partial charge >= 0.3 is 6.03 Å². The molecule has 1 atom stereocenters. The first-order chi connectivity index (χ1) is 11.0. The van der Waals surface area contributed by atoms with E-state index in [4.69, 9.17) is 10.5 Å². The molecule has 2 rings (SSSR count). The van der Waals surface area contributed by atoms with Crippen LogP contribution in [0.3, 0.4) is 0 Å². The van der Waals surface area contributed by atoms with Crippen LogP contribution in [0.25, 0.3) is 0 Å². The Kier molecular flexibility index (Phi) is 5.77. The van der Waals surface area contributed by atoms with E-state index in [1.165, 1.54) is 23.1 Å². The standard InChI is InChI=1S/C13H15N5O3S2/c1-7(10(19)16-11(14)20)22-13-18-17-12(23-13)15-8-3-5-9(21-2)6-4-8/h3-7H,1-2H3,(H,15,17)(H3,14,16,19,20). The van der Waals surface area contributed by atoms with Gasteiger partial charge in [-0.15, -0.1) is 10.2 Å². The number of benzene rings is 1. The smallest absolute Gasteiger partial charge is 0.318 e. The number of hydrogen-bond donors (Lipinski definition) is 3. The Morgan fingerprint density at radius 1 is 1.30 bits per heavy atom. The molecule has 1 heterocycles. The number of nitrogens with zero attached hydrogens (tertiary/aromatic N) is 2. The van der Waals surface area contributed by atoms with Crippen molar-refractivity contribution in [1.82, 2.24) is 15.5 Å². The third kappa shape index (κ3) is 5.11. The number of amides is 3. The summed E-state index contributed by atoms with van der Waals surface area (Å²) in [4.78, 5) is 22.3. The van der Waals surface area contributed by atoms with Crippen LogP contribution in [0.1, 0.15) is 6.92 Å². The van der Waals surface area contributed by atoms with E-state index >= 15 is 0 Å². The first kappa shape index (κ1) is 17.0. The summed E-state index contributed by atoms with van der Waals surface area (Å²) < 4.78 is 5.69. The van der Waals surface area contributed by atoms with Crippen molar-refractivity contribution in [1.29, 1.82) is 0 Å². The number of aromatic nitrogens is 2. The number of methoxy groups -OCH3 is 1. The molecule has 3 amide bonds. The second-order valence-corrected chi connectivity index (χ2v) is 6.91. The topological polar surface area (TPSA) is 119 Å². The van der Waals surface area contributed by atoms with Crippen molar-refractivity contribution in [3.8, 4) is 5.75 Å². The van der Waals surface area contributed by atoms with Gasteiger partial charge in [-0.05, 0) is 31.2 Å². The molecule has 10 heteroatoms. The maximum absolute atomic E-state index is 11.6. The minimum atomic E-state index is -0.874. The SMILES string of the molecule is COc1ccc(Nc2nnc(SC(C)C(=O)NC(N)=O)s2)cc1. The number of ether oxygens (including phenoxy) is 1. The van der Waals surface area contributed by atoms with Crippen LogP contribution in [0.2, 0.25) is 0 Å². The molecule has 1 aromatic carbocycles. The number of nitrogens with one attached hydrogen (secondary N) is 2. The van der Waals surface area contributed by atoms with Gasteiger partial charge in [-0.2, -0.15) is 0 Å². The first-order valence-corrected chi connectivity index (χ1v) is 8.19. The molecule has 0 saturated carbocycles. The summed E-state index contributed by atoms with van der Waals surface area (Å²) in [6.07, 6.45) is 0. The van der Waals surface area contributed by atoms with Crippen molar-refractivity contribution in [2.45, 2.75) is 16.5 Å². The Morgan fingerprint density at radius 2 is 2.00 bits per heavy atom. The van der Waals surface area contributed by atoms with Gasteiger partial charge in [0.25, 0.3) is 0 Å². The van der Waals surface area contributed by atoms with Crippen molar-refractivity contribution in [3.63, 3.8) is 0 Å². The maximum atomic E-state index is 11.6. The lowest BCUT2D eigenvalue weighted by Gasteiger charge is -2.06. The predicted molar refractivity (Wildman–Crippen MR) is 89.2 cm³/mol. The Morgan fingerprint density at radius 3 is 2.61 bits per heavy atom. The highest BCUT2D eigenvalue weighted by atomic mass is 32.2. The number of urea groups is 1. The van der Waals surface area contributed by atoms with Crippen LogP contribution in [0.15, 0.2) is 28.6 Å². The number of anilines is 2. The number of imide groups is 1. The van der Waals surface area contributed by atoms with E-state index in [9.17, 15) is 9.59 Å². The number of thioether (sulfide) groups is 1. The molecular formula is C13H15N5O3S2. The van der Waals surface area contributed by atoms with Crippen molar-refractivity contribution in [2.75, 3.05) is 12.4 Å².